The average molecular weight is 742 g/mol. The van der Waals surface area contributed by atoms with Crippen LogP contribution in [0.4, 0.5) is 9.59 Å². The van der Waals surface area contributed by atoms with Crippen molar-refractivity contribution in [3.8, 4) is 0 Å². The van der Waals surface area contributed by atoms with Gasteiger partial charge >= 0.3 is 18.2 Å². The summed E-state index contributed by atoms with van der Waals surface area (Å²) in [6.07, 6.45) is 5.21. The SMILES string of the molecule is COC(=O)C1=C[C@H](N=C(NC(=O)OC(C)(C)C)NC(=O)OC(C)(C)C)[C@@H](NC(C)=O)[C@H]([C@H](OCCCCCCCCCCN)[C@H]2COC(C)(C)O2)O1. The molecule has 298 valence electrons. The van der Waals surface area contributed by atoms with Gasteiger partial charge in [-0.05, 0) is 80.9 Å². The van der Waals surface area contributed by atoms with E-state index in [1.807, 2.05) is 0 Å². The van der Waals surface area contributed by atoms with Crippen LogP contribution in [-0.2, 0) is 42.7 Å². The molecule has 1 fully saturated rings. The summed E-state index contributed by atoms with van der Waals surface area (Å²) in [4.78, 5) is 56.1. The highest BCUT2D eigenvalue weighted by atomic mass is 16.8. The molecule has 5 N–H and O–H groups in total. The lowest BCUT2D eigenvalue weighted by atomic mass is 9.92. The Morgan fingerprint density at radius 2 is 1.46 bits per heavy atom. The summed E-state index contributed by atoms with van der Waals surface area (Å²) in [5, 5.41) is 7.77. The van der Waals surface area contributed by atoms with Crippen LogP contribution in [0.3, 0.4) is 0 Å². The van der Waals surface area contributed by atoms with Crippen molar-refractivity contribution in [2.45, 2.75) is 161 Å². The van der Waals surface area contributed by atoms with E-state index in [9.17, 15) is 19.2 Å². The molecule has 0 bridgehead atoms. The number of aliphatic imine (C=N–C) groups is 1. The van der Waals surface area contributed by atoms with E-state index in [0.717, 1.165) is 57.9 Å². The summed E-state index contributed by atoms with van der Waals surface area (Å²) in [6, 6.07) is -2.13. The van der Waals surface area contributed by atoms with Crippen LogP contribution in [0.2, 0.25) is 0 Å². The van der Waals surface area contributed by atoms with Crippen molar-refractivity contribution in [2.24, 2.45) is 10.7 Å². The summed E-state index contributed by atoms with van der Waals surface area (Å²) in [6.45, 7) is 16.1. The minimum atomic E-state index is -1.13. The number of nitrogens with one attached hydrogen (secondary N) is 3. The topological polar surface area (TPSA) is 207 Å². The van der Waals surface area contributed by atoms with Gasteiger partial charge in [0.2, 0.25) is 17.6 Å². The molecule has 0 radical (unpaired) electrons. The lowest BCUT2D eigenvalue weighted by Crippen LogP contribution is -2.61. The first kappa shape index (κ1) is 44.7. The minimum absolute atomic E-state index is 0.143. The fourth-order valence-electron chi connectivity index (χ4n) is 5.58. The molecule has 0 aromatic carbocycles. The van der Waals surface area contributed by atoms with Crippen LogP contribution in [0.5, 0.6) is 0 Å². The monoisotopic (exact) mass is 741 g/mol. The molecule has 0 aromatic heterocycles. The Bertz CT molecular complexity index is 1210. The van der Waals surface area contributed by atoms with Crippen LogP contribution in [0, 0.1) is 0 Å². The van der Waals surface area contributed by atoms with Crippen molar-refractivity contribution in [1.29, 1.82) is 0 Å². The Morgan fingerprint density at radius 3 is 1.92 bits per heavy atom. The zero-order valence-electron chi connectivity index (χ0n) is 32.8. The molecule has 52 heavy (non-hydrogen) atoms. The number of nitrogens with zero attached hydrogens (tertiary/aromatic N) is 1. The van der Waals surface area contributed by atoms with Crippen LogP contribution in [-0.4, -0.2) is 104 Å². The van der Waals surface area contributed by atoms with Gasteiger partial charge in [0, 0.05) is 13.5 Å². The minimum Gasteiger partial charge on any atom is -0.478 e. The third-order valence-corrected chi connectivity index (χ3v) is 7.71. The molecule has 1 saturated heterocycles. The number of nitrogens with two attached hydrogens (primary N) is 1. The van der Waals surface area contributed by atoms with Crippen LogP contribution >= 0.6 is 0 Å². The standard InChI is InChI=1S/C36H63N5O11/c1-23(42)38-27-24(39-31(40-32(44)51-34(2,3)4)41-33(45)52-35(5,6)7)21-25(30(43)46-10)49-29(27)28(26-22-48-36(8,9)50-26)47-20-18-16-14-12-11-13-15-17-19-37/h21,24,26-29H,11-20,22,37H2,1-10H3,(H,38,42)(H2,39,40,41,44,45)/t24-,26+,27+,28+,29+/m0/s1. The van der Waals surface area contributed by atoms with E-state index in [-0.39, 0.29) is 18.3 Å². The first-order valence-electron chi connectivity index (χ1n) is 18.2. The van der Waals surface area contributed by atoms with Gasteiger partial charge in [0.25, 0.3) is 0 Å². The van der Waals surface area contributed by atoms with Gasteiger partial charge in [-0.25, -0.2) is 19.4 Å². The van der Waals surface area contributed by atoms with E-state index in [1.54, 1.807) is 55.4 Å². The van der Waals surface area contributed by atoms with Crippen LogP contribution in [0.25, 0.3) is 0 Å². The third-order valence-electron chi connectivity index (χ3n) is 7.71. The molecule has 0 spiro atoms. The Morgan fingerprint density at radius 1 is 0.923 bits per heavy atom. The molecule has 5 atom stereocenters. The van der Waals surface area contributed by atoms with Crippen molar-refractivity contribution < 1.29 is 52.3 Å². The fourth-order valence-corrected chi connectivity index (χ4v) is 5.58. The number of hydrogen-bond donors (Lipinski definition) is 4. The molecule has 0 aliphatic carbocycles. The Hall–Kier alpha value is -3.47. The van der Waals surface area contributed by atoms with Crippen molar-refractivity contribution in [1.82, 2.24) is 16.0 Å². The average Bonchev–Trinajstić information content (AvgIpc) is 3.37. The van der Waals surface area contributed by atoms with E-state index >= 15 is 0 Å². The summed E-state index contributed by atoms with van der Waals surface area (Å²) >= 11 is 0. The first-order valence-corrected chi connectivity index (χ1v) is 18.2. The lowest BCUT2D eigenvalue weighted by Gasteiger charge is -2.41. The number of carbonyl (C=O) groups is 4. The summed E-state index contributed by atoms with van der Waals surface area (Å²) < 4.78 is 40.6. The summed E-state index contributed by atoms with van der Waals surface area (Å²) in [7, 11) is 1.20. The van der Waals surface area contributed by atoms with Crippen molar-refractivity contribution >= 4 is 30.0 Å². The van der Waals surface area contributed by atoms with E-state index in [0.29, 0.717) is 6.61 Å². The van der Waals surface area contributed by atoms with E-state index in [2.05, 4.69) is 20.9 Å². The van der Waals surface area contributed by atoms with Crippen molar-refractivity contribution in [3.05, 3.63) is 11.8 Å². The summed E-state index contributed by atoms with van der Waals surface area (Å²) in [5.41, 5.74) is 3.83. The molecule has 16 heteroatoms. The second-order valence-electron chi connectivity index (χ2n) is 15.4. The number of rotatable bonds is 16. The molecule has 2 aliphatic rings. The molecule has 2 heterocycles. The van der Waals surface area contributed by atoms with Gasteiger partial charge in [0.15, 0.2) is 11.9 Å². The maximum absolute atomic E-state index is 13.0. The Labute approximate surface area is 308 Å². The van der Waals surface area contributed by atoms with Gasteiger partial charge in [-0.15, -0.1) is 0 Å². The molecule has 3 amide bonds. The molecular weight excluding hydrogens is 678 g/mol. The highest BCUT2D eigenvalue weighted by Gasteiger charge is 2.49. The number of methoxy groups -OCH3 is 1. The Balaban J connectivity index is 2.50. The van der Waals surface area contributed by atoms with E-state index in [4.69, 9.17) is 38.9 Å². The predicted molar refractivity (Wildman–Crippen MR) is 193 cm³/mol. The van der Waals surface area contributed by atoms with Gasteiger partial charge < -0.3 is 44.2 Å². The number of esters is 1. The number of alkyl carbamates (subject to hydrolysis) is 2. The smallest absolute Gasteiger partial charge is 0.414 e. The molecule has 0 unspecified atom stereocenters. The molecular formula is C36H63N5O11. The normalized spacial score (nSPS) is 21.9. The quantitative estimate of drug-likeness (QED) is 0.0573. The highest BCUT2D eigenvalue weighted by Crippen LogP contribution is 2.33. The van der Waals surface area contributed by atoms with Crippen molar-refractivity contribution in [2.75, 3.05) is 26.9 Å². The molecule has 2 rings (SSSR count). The van der Waals surface area contributed by atoms with Gasteiger partial charge in [0.1, 0.15) is 23.4 Å². The summed E-state index contributed by atoms with van der Waals surface area (Å²) in [5.74, 6) is -2.79. The van der Waals surface area contributed by atoms with Crippen LogP contribution < -0.4 is 21.7 Å². The van der Waals surface area contributed by atoms with Crippen LogP contribution in [0.15, 0.2) is 16.8 Å². The largest absolute Gasteiger partial charge is 0.478 e. The molecule has 0 aromatic rings. The number of amides is 3. The van der Waals surface area contributed by atoms with Gasteiger partial charge in [-0.1, -0.05) is 38.5 Å². The highest BCUT2D eigenvalue weighted by molar-refractivity contribution is 6.01. The maximum Gasteiger partial charge on any atom is 0.414 e. The van der Waals surface area contributed by atoms with Gasteiger partial charge in [-0.2, -0.15) is 0 Å². The Kier molecular flexibility index (Phi) is 17.8. The fraction of sp³-hybridized carbons (Fsp3) is 0.806. The number of unbranched alkanes of at least 4 members (excludes halogenated alkanes) is 7. The van der Waals surface area contributed by atoms with Gasteiger partial charge in [-0.3, -0.25) is 15.4 Å². The van der Waals surface area contributed by atoms with Crippen molar-refractivity contribution in [3.63, 3.8) is 0 Å². The van der Waals surface area contributed by atoms with Crippen LogP contribution in [0.1, 0.15) is 114 Å². The second kappa shape index (κ2) is 20.7. The zero-order chi connectivity index (χ0) is 39.1. The number of ether oxygens (including phenoxy) is 7. The van der Waals surface area contributed by atoms with E-state index < -0.39 is 71.4 Å². The number of carbonyl (C=O) groups excluding carboxylic acids is 4. The predicted octanol–water partition coefficient (Wildman–Crippen LogP) is 4.34. The molecule has 2 aliphatic heterocycles. The first-order chi connectivity index (χ1) is 24.2. The zero-order valence-corrected chi connectivity index (χ0v) is 32.8. The third kappa shape index (κ3) is 16.9. The molecule has 0 saturated carbocycles. The van der Waals surface area contributed by atoms with E-state index in [1.165, 1.54) is 20.1 Å². The number of guanidine groups is 1. The number of hydrogen-bond acceptors (Lipinski definition) is 13. The second-order valence-corrected chi connectivity index (χ2v) is 15.4. The maximum atomic E-state index is 13.0. The lowest BCUT2D eigenvalue weighted by molar-refractivity contribution is -0.179. The van der Waals surface area contributed by atoms with Gasteiger partial charge in [0.05, 0.1) is 25.8 Å². The molecule has 16 nitrogen and oxygen atoms in total.